The number of nitrogens with zero attached hydrogens (tertiary/aromatic N) is 1. The molecule has 41 heavy (non-hydrogen) atoms. The van der Waals surface area contributed by atoms with Crippen molar-refractivity contribution in [3.63, 3.8) is 0 Å². The average Bonchev–Trinajstić information content (AvgIpc) is 3.31. The van der Waals surface area contributed by atoms with Crippen LogP contribution in [0.4, 0.5) is 11.4 Å². The molecule has 5 rings (SSSR count). The summed E-state index contributed by atoms with van der Waals surface area (Å²) in [6, 6.07) is 6.03. The quantitative estimate of drug-likeness (QED) is 0.252. The number of anilines is 1. The molecule has 3 aliphatic rings. The fraction of sp³-hybridized carbons (Fsp3) is 0.281. The Bertz CT molecular complexity index is 1670. The first-order valence-electron chi connectivity index (χ1n) is 13.3. The molecule has 2 heterocycles. The first-order chi connectivity index (χ1) is 19.2. The summed E-state index contributed by atoms with van der Waals surface area (Å²) >= 11 is 6.86. The van der Waals surface area contributed by atoms with Gasteiger partial charge < -0.3 is 25.7 Å². The van der Waals surface area contributed by atoms with E-state index in [1.54, 1.807) is 12.1 Å². The van der Waals surface area contributed by atoms with E-state index in [4.69, 9.17) is 11.6 Å². The maximum Gasteiger partial charge on any atom is 0.339 e. The van der Waals surface area contributed by atoms with E-state index in [9.17, 15) is 30.0 Å². The fourth-order valence-corrected chi connectivity index (χ4v) is 6.18. The molecule has 5 N–H and O–H groups in total. The SMILES string of the molecule is CC1(C)C(/C=C/C2=C(Cl)C(=C/C=C3/Nc4ccc(C(=O)O)c(O)c4C3(C)C)/CCC2)=Nc2ccc(C(=O)O)c(O)c21. The lowest BCUT2D eigenvalue weighted by molar-refractivity contribution is 0.0682. The number of fused-ring (bicyclic) bond motifs is 2. The second-order valence-corrected chi connectivity index (χ2v) is 11.9. The van der Waals surface area contributed by atoms with Crippen LogP contribution >= 0.6 is 11.6 Å². The summed E-state index contributed by atoms with van der Waals surface area (Å²) in [5.74, 6) is -2.88. The zero-order valence-electron chi connectivity index (χ0n) is 23.2. The Hall–Kier alpha value is -4.30. The number of rotatable bonds is 5. The third-order valence-corrected chi connectivity index (χ3v) is 8.70. The van der Waals surface area contributed by atoms with Gasteiger partial charge >= 0.3 is 11.9 Å². The van der Waals surface area contributed by atoms with E-state index in [2.05, 4.69) is 10.3 Å². The number of nitrogens with one attached hydrogen (secondary N) is 1. The summed E-state index contributed by atoms with van der Waals surface area (Å²) in [6.07, 6.45) is 10.1. The van der Waals surface area contributed by atoms with Gasteiger partial charge in [0, 0.05) is 38.4 Å². The van der Waals surface area contributed by atoms with Gasteiger partial charge in [-0.05, 0) is 80.7 Å². The van der Waals surface area contributed by atoms with Crippen molar-refractivity contribution in [1.82, 2.24) is 0 Å². The molecule has 2 aromatic carbocycles. The molecule has 0 radical (unpaired) electrons. The summed E-state index contributed by atoms with van der Waals surface area (Å²) in [7, 11) is 0. The molecule has 0 unspecified atom stereocenters. The molecule has 2 aliphatic heterocycles. The van der Waals surface area contributed by atoms with E-state index in [1.807, 2.05) is 52.0 Å². The van der Waals surface area contributed by atoms with Gasteiger partial charge in [0.05, 0.1) is 11.4 Å². The maximum absolute atomic E-state index is 11.5. The third kappa shape index (κ3) is 4.62. The summed E-state index contributed by atoms with van der Waals surface area (Å²) < 4.78 is 0. The van der Waals surface area contributed by atoms with Crippen LogP contribution in [0, 0.1) is 0 Å². The number of carbonyl (C=O) groups is 2. The van der Waals surface area contributed by atoms with Gasteiger partial charge in [0.25, 0.3) is 0 Å². The highest BCUT2D eigenvalue weighted by molar-refractivity contribution is 6.32. The first kappa shape index (κ1) is 28.2. The topological polar surface area (TPSA) is 139 Å². The van der Waals surface area contributed by atoms with Crippen LogP contribution in [-0.2, 0) is 10.8 Å². The van der Waals surface area contributed by atoms with E-state index in [0.717, 1.165) is 36.1 Å². The van der Waals surface area contributed by atoms with Crippen LogP contribution in [0.15, 0.2) is 75.4 Å². The van der Waals surface area contributed by atoms with Gasteiger partial charge in [-0.2, -0.15) is 0 Å². The predicted molar refractivity (Wildman–Crippen MR) is 159 cm³/mol. The molecule has 0 atom stereocenters. The van der Waals surface area contributed by atoms with Gasteiger partial charge in [-0.25, -0.2) is 9.59 Å². The number of phenols is 2. The number of aromatic hydroxyl groups is 2. The highest BCUT2D eigenvalue weighted by atomic mass is 35.5. The Morgan fingerprint density at radius 3 is 2.17 bits per heavy atom. The second-order valence-electron chi connectivity index (χ2n) is 11.5. The molecule has 0 aromatic heterocycles. The van der Waals surface area contributed by atoms with E-state index < -0.39 is 22.8 Å². The molecular formula is C32H31ClN2O6. The molecular weight excluding hydrogens is 544 g/mol. The van der Waals surface area contributed by atoms with Crippen molar-refractivity contribution in [2.75, 3.05) is 5.32 Å². The van der Waals surface area contributed by atoms with Crippen LogP contribution in [-0.4, -0.2) is 38.1 Å². The Kier molecular flexibility index (Phi) is 6.86. The van der Waals surface area contributed by atoms with Crippen LogP contribution < -0.4 is 5.32 Å². The summed E-state index contributed by atoms with van der Waals surface area (Å²) in [5.41, 5.74) is 3.99. The Morgan fingerprint density at radius 1 is 0.878 bits per heavy atom. The average molecular weight is 575 g/mol. The molecule has 0 bridgehead atoms. The highest BCUT2D eigenvalue weighted by Gasteiger charge is 2.39. The van der Waals surface area contributed by atoms with Gasteiger partial charge in [0.15, 0.2) is 0 Å². The summed E-state index contributed by atoms with van der Waals surface area (Å²) in [6.45, 7) is 7.64. The normalized spacial score (nSPS) is 20.8. The van der Waals surface area contributed by atoms with Gasteiger partial charge in [-0.3, -0.25) is 4.99 Å². The number of aromatic carboxylic acids is 2. The fourth-order valence-electron chi connectivity index (χ4n) is 5.86. The van der Waals surface area contributed by atoms with Crippen molar-refractivity contribution >= 4 is 40.6 Å². The third-order valence-electron chi connectivity index (χ3n) is 8.22. The largest absolute Gasteiger partial charge is 0.507 e. The minimum atomic E-state index is -1.19. The Balaban J connectivity index is 1.43. The number of allylic oxidation sites excluding steroid dienone is 8. The standard InChI is InChI=1S/C32H31ClN2O6/c1-31(2)22(34-20-12-10-18(29(38)39)27(36)24(20)31)14-8-16-6-5-7-17(26(16)33)9-15-23-32(3,4)25-21(35-23)13-11-19(28(25)37)30(40)41/h8-15,34,36-37H,5-7H2,1-4H3,(H,38,39)(H,40,41)/b15-9+,16-8+,22-14+. The van der Waals surface area contributed by atoms with Gasteiger partial charge in [0.1, 0.15) is 22.6 Å². The Labute approximate surface area is 242 Å². The van der Waals surface area contributed by atoms with Crippen molar-refractivity contribution < 1.29 is 30.0 Å². The van der Waals surface area contributed by atoms with E-state index in [0.29, 0.717) is 33.2 Å². The Morgan fingerprint density at radius 2 is 1.51 bits per heavy atom. The summed E-state index contributed by atoms with van der Waals surface area (Å²) in [5, 5.41) is 44.1. The van der Waals surface area contributed by atoms with Crippen molar-refractivity contribution in [2.24, 2.45) is 4.99 Å². The summed E-state index contributed by atoms with van der Waals surface area (Å²) in [4.78, 5) is 27.7. The molecule has 0 saturated heterocycles. The van der Waals surface area contributed by atoms with Gasteiger partial charge in [-0.1, -0.05) is 37.6 Å². The number of carboxylic acid groups (broad SMARTS) is 2. The molecule has 8 nitrogen and oxygen atoms in total. The number of aliphatic imine (C=N–C) groups is 1. The minimum Gasteiger partial charge on any atom is -0.507 e. The number of hydrogen-bond donors (Lipinski definition) is 5. The molecule has 0 saturated carbocycles. The molecule has 0 spiro atoms. The van der Waals surface area contributed by atoms with Gasteiger partial charge in [0.2, 0.25) is 0 Å². The molecule has 2 aromatic rings. The van der Waals surface area contributed by atoms with Gasteiger partial charge in [-0.15, -0.1) is 0 Å². The van der Waals surface area contributed by atoms with E-state index >= 15 is 0 Å². The first-order valence-corrected chi connectivity index (χ1v) is 13.7. The molecule has 0 amide bonds. The van der Waals surface area contributed by atoms with Crippen molar-refractivity contribution in [3.8, 4) is 11.5 Å². The number of halogens is 1. The lowest BCUT2D eigenvalue weighted by Crippen LogP contribution is -2.24. The van der Waals surface area contributed by atoms with Crippen molar-refractivity contribution in [3.05, 3.63) is 92.7 Å². The molecule has 9 heteroatoms. The molecule has 212 valence electrons. The van der Waals surface area contributed by atoms with Crippen LogP contribution in [0.5, 0.6) is 11.5 Å². The lowest BCUT2D eigenvalue weighted by Gasteiger charge is -2.23. The number of carboxylic acids is 2. The van der Waals surface area contributed by atoms with Crippen LogP contribution in [0.1, 0.15) is 78.8 Å². The lowest BCUT2D eigenvalue weighted by atomic mass is 9.79. The molecule has 0 fully saturated rings. The monoisotopic (exact) mass is 574 g/mol. The predicted octanol–water partition coefficient (Wildman–Crippen LogP) is 7.30. The van der Waals surface area contributed by atoms with Crippen LogP contribution in [0.25, 0.3) is 0 Å². The number of benzene rings is 2. The van der Waals surface area contributed by atoms with E-state index in [-0.39, 0.29) is 22.6 Å². The zero-order chi connectivity index (χ0) is 29.9. The number of hydrogen-bond acceptors (Lipinski definition) is 6. The smallest absolute Gasteiger partial charge is 0.339 e. The minimum absolute atomic E-state index is 0.136. The maximum atomic E-state index is 11.5. The van der Waals surface area contributed by atoms with E-state index in [1.165, 1.54) is 12.1 Å². The second kappa shape index (κ2) is 9.96. The zero-order valence-corrected chi connectivity index (χ0v) is 23.9. The molecule has 1 aliphatic carbocycles. The van der Waals surface area contributed by atoms with Crippen molar-refractivity contribution in [1.29, 1.82) is 0 Å². The highest BCUT2D eigenvalue weighted by Crippen LogP contribution is 2.49. The van der Waals surface area contributed by atoms with Crippen LogP contribution in [0.3, 0.4) is 0 Å². The van der Waals surface area contributed by atoms with Crippen LogP contribution in [0.2, 0.25) is 0 Å². The van der Waals surface area contributed by atoms with Crippen molar-refractivity contribution in [2.45, 2.75) is 57.8 Å².